The highest BCUT2D eigenvalue weighted by atomic mass is 16.5. The number of anilines is 1. The van der Waals surface area contributed by atoms with Crippen molar-refractivity contribution in [3.63, 3.8) is 0 Å². The van der Waals surface area contributed by atoms with Crippen LogP contribution in [-0.2, 0) is 14.3 Å². The van der Waals surface area contributed by atoms with E-state index in [1.54, 1.807) is 37.3 Å². The van der Waals surface area contributed by atoms with Gasteiger partial charge in [0.25, 0.3) is 5.91 Å². The summed E-state index contributed by atoms with van der Waals surface area (Å²) in [6.45, 7) is 1.35. The van der Waals surface area contributed by atoms with Gasteiger partial charge >= 0.3 is 11.9 Å². The van der Waals surface area contributed by atoms with Crippen LogP contribution >= 0.6 is 0 Å². The number of hydrogen-bond donors (Lipinski definition) is 1. The number of nitrogens with one attached hydrogen (secondary N) is 1. The van der Waals surface area contributed by atoms with Crippen molar-refractivity contribution in [2.24, 2.45) is 0 Å². The molecule has 1 amide bonds. The van der Waals surface area contributed by atoms with Crippen molar-refractivity contribution in [2.45, 2.75) is 6.92 Å². The molecule has 1 N–H and O–H groups in total. The molecular formula is C20H21NO7. The zero-order valence-corrected chi connectivity index (χ0v) is 15.8. The first-order valence-corrected chi connectivity index (χ1v) is 8.45. The van der Waals surface area contributed by atoms with Crippen molar-refractivity contribution in [3.05, 3.63) is 53.6 Å². The molecule has 0 fully saturated rings. The van der Waals surface area contributed by atoms with Gasteiger partial charge in [0.15, 0.2) is 18.1 Å². The summed E-state index contributed by atoms with van der Waals surface area (Å²) in [5.74, 6) is -1.33. The van der Waals surface area contributed by atoms with Crippen LogP contribution in [-0.4, -0.2) is 45.3 Å². The molecule has 0 aliphatic carbocycles. The molecule has 8 nitrogen and oxygen atoms in total. The zero-order chi connectivity index (χ0) is 20.5. The fourth-order valence-corrected chi connectivity index (χ4v) is 2.42. The molecule has 0 aliphatic heterocycles. The molecule has 2 aromatic carbocycles. The zero-order valence-electron chi connectivity index (χ0n) is 15.8. The highest BCUT2D eigenvalue weighted by molar-refractivity contribution is 6.02. The SMILES string of the molecule is CCOC(=O)c1ccccc1NC(=O)COC(=O)c1cccc(OC)c1OC. The molecule has 0 bridgehead atoms. The molecule has 28 heavy (non-hydrogen) atoms. The standard InChI is InChI=1S/C20H21NO7/c1-4-27-19(23)13-8-5-6-10-15(13)21-17(22)12-28-20(24)14-9-7-11-16(25-2)18(14)26-3/h5-11H,4,12H2,1-3H3,(H,21,22). The third-order valence-electron chi connectivity index (χ3n) is 3.65. The summed E-state index contributed by atoms with van der Waals surface area (Å²) < 4.78 is 20.3. The number of methoxy groups -OCH3 is 2. The second-order valence-corrected chi connectivity index (χ2v) is 5.43. The van der Waals surface area contributed by atoms with Gasteiger partial charge in [-0.25, -0.2) is 9.59 Å². The number of carbonyl (C=O) groups is 3. The van der Waals surface area contributed by atoms with Gasteiger partial charge in [-0.05, 0) is 31.2 Å². The molecule has 0 aliphatic rings. The Balaban J connectivity index is 2.04. The highest BCUT2D eigenvalue weighted by Gasteiger charge is 2.19. The number of rotatable bonds is 8. The molecule has 0 radical (unpaired) electrons. The Labute approximate surface area is 162 Å². The Morgan fingerprint density at radius 1 is 0.857 bits per heavy atom. The Hall–Kier alpha value is -3.55. The van der Waals surface area contributed by atoms with E-state index in [0.29, 0.717) is 5.75 Å². The molecule has 0 aromatic heterocycles. The van der Waals surface area contributed by atoms with Gasteiger partial charge in [0.2, 0.25) is 0 Å². The molecule has 2 rings (SSSR count). The van der Waals surface area contributed by atoms with Crippen molar-refractivity contribution < 1.29 is 33.3 Å². The van der Waals surface area contributed by atoms with Crippen LogP contribution in [0.1, 0.15) is 27.6 Å². The first kappa shape index (κ1) is 20.8. The fraction of sp³-hybridized carbons (Fsp3) is 0.250. The maximum Gasteiger partial charge on any atom is 0.342 e. The van der Waals surface area contributed by atoms with Crippen molar-refractivity contribution >= 4 is 23.5 Å². The van der Waals surface area contributed by atoms with E-state index < -0.39 is 24.5 Å². The quantitative estimate of drug-likeness (QED) is 0.695. The van der Waals surface area contributed by atoms with Gasteiger partial charge in [-0.15, -0.1) is 0 Å². The summed E-state index contributed by atoms with van der Waals surface area (Å²) in [5.41, 5.74) is 0.598. The lowest BCUT2D eigenvalue weighted by molar-refractivity contribution is -0.119. The minimum Gasteiger partial charge on any atom is -0.493 e. The van der Waals surface area contributed by atoms with Gasteiger partial charge in [0.05, 0.1) is 32.1 Å². The number of amides is 1. The van der Waals surface area contributed by atoms with Gasteiger partial charge in [0.1, 0.15) is 5.56 Å². The lowest BCUT2D eigenvalue weighted by atomic mass is 10.2. The Bertz CT molecular complexity index is 863. The van der Waals surface area contributed by atoms with Crippen molar-refractivity contribution in [2.75, 3.05) is 32.8 Å². The van der Waals surface area contributed by atoms with E-state index in [2.05, 4.69) is 5.32 Å². The summed E-state index contributed by atoms with van der Waals surface area (Å²) in [4.78, 5) is 36.4. The molecular weight excluding hydrogens is 366 g/mol. The summed E-state index contributed by atoms with van der Waals surface area (Å²) >= 11 is 0. The number of ether oxygens (including phenoxy) is 4. The van der Waals surface area contributed by atoms with Crippen LogP contribution in [0, 0.1) is 0 Å². The number of hydrogen-bond acceptors (Lipinski definition) is 7. The molecule has 148 valence electrons. The van der Waals surface area contributed by atoms with Gasteiger partial charge < -0.3 is 24.3 Å². The molecule has 0 unspecified atom stereocenters. The van der Waals surface area contributed by atoms with E-state index in [4.69, 9.17) is 18.9 Å². The smallest absolute Gasteiger partial charge is 0.342 e. The van der Waals surface area contributed by atoms with E-state index in [1.807, 2.05) is 0 Å². The highest BCUT2D eigenvalue weighted by Crippen LogP contribution is 2.31. The van der Waals surface area contributed by atoms with Crippen LogP contribution < -0.4 is 14.8 Å². The molecule has 2 aromatic rings. The third kappa shape index (κ3) is 5.00. The molecule has 8 heteroatoms. The van der Waals surface area contributed by atoms with Crippen molar-refractivity contribution in [1.29, 1.82) is 0 Å². The molecule has 0 saturated carbocycles. The molecule has 0 atom stereocenters. The number of para-hydroxylation sites is 2. The predicted molar refractivity (Wildman–Crippen MR) is 101 cm³/mol. The van der Waals surface area contributed by atoms with Crippen LogP contribution in [0.2, 0.25) is 0 Å². The first-order chi connectivity index (χ1) is 13.5. The number of benzene rings is 2. The summed E-state index contributed by atoms with van der Waals surface area (Å²) in [5, 5.41) is 2.53. The van der Waals surface area contributed by atoms with Gasteiger partial charge in [-0.1, -0.05) is 18.2 Å². The van der Waals surface area contributed by atoms with Crippen LogP contribution in [0.15, 0.2) is 42.5 Å². The second kappa shape index (κ2) is 9.96. The monoisotopic (exact) mass is 387 g/mol. The maximum absolute atomic E-state index is 12.3. The largest absolute Gasteiger partial charge is 0.493 e. The van der Waals surface area contributed by atoms with Gasteiger partial charge in [-0.2, -0.15) is 0 Å². The van der Waals surface area contributed by atoms with Crippen LogP contribution in [0.4, 0.5) is 5.69 Å². The topological polar surface area (TPSA) is 100 Å². The normalized spacial score (nSPS) is 9.96. The van der Waals surface area contributed by atoms with Crippen LogP contribution in [0.25, 0.3) is 0 Å². The minimum atomic E-state index is -0.746. The minimum absolute atomic E-state index is 0.126. The average molecular weight is 387 g/mol. The van der Waals surface area contributed by atoms with Crippen LogP contribution in [0.5, 0.6) is 11.5 Å². The fourth-order valence-electron chi connectivity index (χ4n) is 2.42. The third-order valence-corrected chi connectivity index (χ3v) is 3.65. The maximum atomic E-state index is 12.3. The summed E-state index contributed by atoms with van der Waals surface area (Å²) in [7, 11) is 2.84. The van der Waals surface area contributed by atoms with E-state index >= 15 is 0 Å². The number of esters is 2. The average Bonchev–Trinajstić information content (AvgIpc) is 2.71. The summed E-state index contributed by atoms with van der Waals surface area (Å²) in [6.07, 6.45) is 0. The lowest BCUT2D eigenvalue weighted by Gasteiger charge is -2.13. The lowest BCUT2D eigenvalue weighted by Crippen LogP contribution is -2.22. The van der Waals surface area contributed by atoms with Gasteiger partial charge in [-0.3, -0.25) is 4.79 Å². The predicted octanol–water partition coefficient (Wildman–Crippen LogP) is 2.68. The van der Waals surface area contributed by atoms with E-state index in [9.17, 15) is 14.4 Å². The van der Waals surface area contributed by atoms with Crippen molar-refractivity contribution in [3.8, 4) is 11.5 Å². The molecule has 0 saturated heterocycles. The van der Waals surface area contributed by atoms with Gasteiger partial charge in [0, 0.05) is 0 Å². The van der Waals surface area contributed by atoms with E-state index in [-0.39, 0.29) is 29.2 Å². The van der Waals surface area contributed by atoms with E-state index in [0.717, 1.165) is 0 Å². The Morgan fingerprint density at radius 2 is 1.54 bits per heavy atom. The van der Waals surface area contributed by atoms with Crippen molar-refractivity contribution in [1.82, 2.24) is 0 Å². The molecule has 0 heterocycles. The first-order valence-electron chi connectivity index (χ1n) is 8.45. The number of carbonyl (C=O) groups excluding carboxylic acids is 3. The van der Waals surface area contributed by atoms with Crippen LogP contribution in [0.3, 0.4) is 0 Å². The summed E-state index contributed by atoms with van der Waals surface area (Å²) in [6, 6.07) is 11.1. The Kier molecular flexibility index (Phi) is 7.38. The molecule has 0 spiro atoms. The second-order valence-electron chi connectivity index (χ2n) is 5.43. The Morgan fingerprint density at radius 3 is 2.21 bits per heavy atom. The van der Waals surface area contributed by atoms with E-state index in [1.165, 1.54) is 26.4 Å².